The van der Waals surface area contributed by atoms with E-state index in [0.29, 0.717) is 11.4 Å². The van der Waals surface area contributed by atoms with E-state index in [1.807, 2.05) is 18.2 Å². The topological polar surface area (TPSA) is 80.0 Å². The minimum absolute atomic E-state index is 0.213. The largest absolute Gasteiger partial charge is 0.321 e. The van der Waals surface area contributed by atoms with Gasteiger partial charge in [0.05, 0.1) is 5.69 Å². The first-order chi connectivity index (χ1) is 9.10. The number of nitrogens with zero attached hydrogens (tertiary/aromatic N) is 1. The molecule has 0 aliphatic carbocycles. The van der Waals surface area contributed by atoms with Crippen LogP contribution in [0.15, 0.2) is 41.0 Å². The van der Waals surface area contributed by atoms with Gasteiger partial charge >= 0.3 is 0 Å². The van der Waals surface area contributed by atoms with Crippen LogP contribution in [0.2, 0.25) is 0 Å². The second-order valence-corrected chi connectivity index (χ2v) is 5.73. The zero-order chi connectivity index (χ0) is 13.8. The highest BCUT2D eigenvalue weighted by atomic mass is 127. The first-order valence-electron chi connectivity index (χ1n) is 5.29. The first kappa shape index (κ1) is 14.2. The number of hydrogen-bond donors (Lipinski definition) is 3. The molecule has 0 spiro atoms. The highest BCUT2D eigenvalue weighted by Crippen LogP contribution is 2.23. The van der Waals surface area contributed by atoms with Gasteiger partial charge in [-0.1, -0.05) is 15.9 Å². The van der Waals surface area contributed by atoms with Gasteiger partial charge < -0.3 is 10.7 Å². The van der Waals surface area contributed by atoms with Crippen LogP contribution in [-0.2, 0) is 0 Å². The highest BCUT2D eigenvalue weighted by molar-refractivity contribution is 14.1. The lowest BCUT2D eigenvalue weighted by Crippen LogP contribution is -2.15. The van der Waals surface area contributed by atoms with Crippen LogP contribution in [0, 0.1) is 3.57 Å². The molecule has 2 aromatic rings. The van der Waals surface area contributed by atoms with Gasteiger partial charge in [-0.05, 0) is 52.9 Å². The fourth-order valence-electron chi connectivity index (χ4n) is 1.44. The van der Waals surface area contributed by atoms with Crippen LogP contribution in [-0.4, -0.2) is 10.9 Å². The standard InChI is InChI=1S/C12H10BrIN4O/c13-8-1-2-9(14)10(6-8)17-12(19)7-3-4-16-11(5-7)18-15/h1-6H,15H2,(H,16,18)(H,17,19). The molecule has 0 aliphatic rings. The second-order valence-electron chi connectivity index (χ2n) is 3.65. The number of halogens is 2. The number of anilines is 2. The monoisotopic (exact) mass is 432 g/mol. The minimum Gasteiger partial charge on any atom is -0.321 e. The summed E-state index contributed by atoms with van der Waals surface area (Å²) in [6.07, 6.45) is 1.52. The van der Waals surface area contributed by atoms with Crippen LogP contribution in [0.5, 0.6) is 0 Å². The molecule has 5 nitrogen and oxygen atoms in total. The molecular formula is C12H10BrIN4O. The van der Waals surface area contributed by atoms with E-state index in [2.05, 4.69) is 54.2 Å². The van der Waals surface area contributed by atoms with Gasteiger partial charge in [0.2, 0.25) is 0 Å². The number of rotatable bonds is 3. The van der Waals surface area contributed by atoms with Crippen molar-refractivity contribution in [1.82, 2.24) is 4.98 Å². The highest BCUT2D eigenvalue weighted by Gasteiger charge is 2.09. The molecule has 19 heavy (non-hydrogen) atoms. The Bertz CT molecular complexity index is 620. The summed E-state index contributed by atoms with van der Waals surface area (Å²) >= 11 is 5.54. The number of aromatic nitrogens is 1. The number of hydrazine groups is 1. The molecule has 0 bridgehead atoms. The Hall–Kier alpha value is -1.19. The minimum atomic E-state index is -0.213. The maximum atomic E-state index is 12.1. The van der Waals surface area contributed by atoms with Crippen LogP contribution in [0.1, 0.15) is 10.4 Å². The van der Waals surface area contributed by atoms with E-state index in [1.54, 1.807) is 12.1 Å². The molecular weight excluding hydrogens is 423 g/mol. The van der Waals surface area contributed by atoms with E-state index in [4.69, 9.17) is 5.84 Å². The molecule has 0 radical (unpaired) electrons. The number of nitrogens with one attached hydrogen (secondary N) is 2. The van der Waals surface area contributed by atoms with Crippen molar-refractivity contribution >= 4 is 55.9 Å². The smallest absolute Gasteiger partial charge is 0.255 e. The fraction of sp³-hybridized carbons (Fsp3) is 0. The Morgan fingerprint density at radius 1 is 1.32 bits per heavy atom. The summed E-state index contributed by atoms with van der Waals surface area (Å²) in [6.45, 7) is 0. The maximum Gasteiger partial charge on any atom is 0.255 e. The molecule has 2 rings (SSSR count). The van der Waals surface area contributed by atoms with Crippen molar-refractivity contribution in [3.63, 3.8) is 0 Å². The molecule has 1 heterocycles. The molecule has 0 aliphatic heterocycles. The van der Waals surface area contributed by atoms with E-state index in [9.17, 15) is 4.79 Å². The lowest BCUT2D eigenvalue weighted by Gasteiger charge is -2.08. The molecule has 1 aromatic heterocycles. The van der Waals surface area contributed by atoms with Gasteiger partial charge in [0.1, 0.15) is 5.82 Å². The molecule has 1 amide bonds. The average Bonchev–Trinajstić information content (AvgIpc) is 2.43. The van der Waals surface area contributed by atoms with Crippen LogP contribution in [0.4, 0.5) is 11.5 Å². The van der Waals surface area contributed by atoms with Gasteiger partial charge in [0, 0.05) is 19.8 Å². The second kappa shape index (κ2) is 6.31. The summed E-state index contributed by atoms with van der Waals surface area (Å²) in [6, 6.07) is 8.89. The third kappa shape index (κ3) is 3.64. The van der Waals surface area contributed by atoms with Crippen molar-refractivity contribution in [2.24, 2.45) is 5.84 Å². The first-order valence-corrected chi connectivity index (χ1v) is 7.16. The van der Waals surface area contributed by atoms with E-state index >= 15 is 0 Å². The third-order valence-corrected chi connectivity index (χ3v) is 3.78. The molecule has 0 atom stereocenters. The zero-order valence-corrected chi connectivity index (χ0v) is 13.4. The normalized spacial score (nSPS) is 10.1. The Morgan fingerprint density at radius 2 is 2.11 bits per heavy atom. The Balaban J connectivity index is 2.22. The van der Waals surface area contributed by atoms with Gasteiger partial charge in [-0.25, -0.2) is 10.8 Å². The molecule has 4 N–H and O–H groups in total. The van der Waals surface area contributed by atoms with E-state index in [1.165, 1.54) is 6.20 Å². The maximum absolute atomic E-state index is 12.1. The van der Waals surface area contributed by atoms with Crippen LogP contribution in [0.3, 0.4) is 0 Å². The van der Waals surface area contributed by atoms with Crippen LogP contribution < -0.4 is 16.6 Å². The Labute approximate surface area is 132 Å². The van der Waals surface area contributed by atoms with E-state index in [-0.39, 0.29) is 5.91 Å². The number of carbonyl (C=O) groups excluding carboxylic acids is 1. The lowest BCUT2D eigenvalue weighted by atomic mass is 10.2. The predicted molar refractivity (Wildman–Crippen MR) is 86.9 cm³/mol. The van der Waals surface area contributed by atoms with E-state index in [0.717, 1.165) is 13.7 Å². The van der Waals surface area contributed by atoms with Crippen LogP contribution in [0.25, 0.3) is 0 Å². The fourth-order valence-corrected chi connectivity index (χ4v) is 2.27. The summed E-state index contributed by atoms with van der Waals surface area (Å²) < 4.78 is 1.86. The van der Waals surface area contributed by atoms with Crippen molar-refractivity contribution in [2.75, 3.05) is 10.7 Å². The quantitative estimate of drug-likeness (QED) is 0.395. The van der Waals surface area contributed by atoms with Crippen molar-refractivity contribution in [3.05, 3.63) is 50.1 Å². The predicted octanol–water partition coefficient (Wildman–Crippen LogP) is 2.99. The van der Waals surface area contributed by atoms with Gasteiger partial charge in [0.25, 0.3) is 5.91 Å². The molecule has 0 saturated carbocycles. The third-order valence-electron chi connectivity index (χ3n) is 2.35. The number of nitrogen functional groups attached to an aromatic ring is 1. The van der Waals surface area contributed by atoms with Crippen LogP contribution >= 0.6 is 38.5 Å². The molecule has 0 unspecified atom stereocenters. The molecule has 98 valence electrons. The number of nitrogens with two attached hydrogens (primary N) is 1. The summed E-state index contributed by atoms with van der Waals surface area (Å²) in [5.41, 5.74) is 3.64. The van der Waals surface area contributed by atoms with Gasteiger partial charge in [0.15, 0.2) is 0 Å². The number of benzene rings is 1. The molecule has 0 saturated heterocycles. The van der Waals surface area contributed by atoms with Crippen molar-refractivity contribution < 1.29 is 4.79 Å². The lowest BCUT2D eigenvalue weighted by molar-refractivity contribution is 0.102. The Kier molecular flexibility index (Phi) is 4.72. The molecule has 7 heteroatoms. The number of pyridine rings is 1. The summed E-state index contributed by atoms with van der Waals surface area (Å²) in [4.78, 5) is 16.1. The van der Waals surface area contributed by atoms with Gasteiger partial charge in [-0.15, -0.1) is 0 Å². The average molecular weight is 433 g/mol. The number of amides is 1. The van der Waals surface area contributed by atoms with Crippen molar-refractivity contribution in [3.8, 4) is 0 Å². The summed E-state index contributed by atoms with van der Waals surface area (Å²) in [5.74, 6) is 5.49. The van der Waals surface area contributed by atoms with Crippen molar-refractivity contribution in [1.29, 1.82) is 0 Å². The Morgan fingerprint density at radius 3 is 2.84 bits per heavy atom. The zero-order valence-electron chi connectivity index (χ0n) is 9.65. The van der Waals surface area contributed by atoms with Gasteiger partial charge in [-0.3, -0.25) is 4.79 Å². The van der Waals surface area contributed by atoms with Crippen molar-refractivity contribution in [2.45, 2.75) is 0 Å². The van der Waals surface area contributed by atoms with E-state index < -0.39 is 0 Å². The summed E-state index contributed by atoms with van der Waals surface area (Å²) in [7, 11) is 0. The number of carbonyl (C=O) groups is 1. The SMILES string of the molecule is NNc1cc(C(=O)Nc2cc(Br)ccc2I)ccn1. The van der Waals surface area contributed by atoms with Gasteiger partial charge in [-0.2, -0.15) is 0 Å². The molecule has 1 aromatic carbocycles. The number of hydrogen-bond acceptors (Lipinski definition) is 4. The summed E-state index contributed by atoms with van der Waals surface area (Å²) in [5, 5.41) is 2.85. The molecule has 0 fully saturated rings.